The number of ether oxygens (including phenoxy) is 1. The van der Waals surface area contributed by atoms with Crippen LogP contribution in [-0.2, 0) is 9.53 Å². The minimum Gasteiger partial charge on any atom is -0.480 e. The third-order valence-corrected chi connectivity index (χ3v) is 4.79. The van der Waals surface area contributed by atoms with Crippen LogP contribution in [0, 0.1) is 0 Å². The number of aliphatic hydroxyl groups is 1. The maximum absolute atomic E-state index is 12.6. The normalized spacial score (nSPS) is 33.7. The number of rotatable bonds is 3. The van der Waals surface area contributed by atoms with E-state index in [0.29, 0.717) is 25.9 Å². The van der Waals surface area contributed by atoms with E-state index >= 15 is 0 Å². The number of aliphatic carboxylic acids is 1. The molecule has 0 aromatic heterocycles. The van der Waals surface area contributed by atoms with Gasteiger partial charge in [-0.25, -0.2) is 9.59 Å². The first-order valence-corrected chi connectivity index (χ1v) is 7.49. The molecule has 21 heavy (non-hydrogen) atoms. The van der Waals surface area contributed by atoms with Gasteiger partial charge in [-0.2, -0.15) is 0 Å². The van der Waals surface area contributed by atoms with Gasteiger partial charge in [0.15, 0.2) is 0 Å². The molecule has 0 radical (unpaired) electrons. The Morgan fingerprint density at radius 1 is 1.24 bits per heavy atom. The number of nitrogens with zero attached hydrogens (tertiary/aromatic N) is 2. The van der Waals surface area contributed by atoms with Crippen molar-refractivity contribution >= 4 is 12.0 Å². The van der Waals surface area contributed by atoms with Crippen LogP contribution in [0.3, 0.4) is 0 Å². The van der Waals surface area contributed by atoms with Crippen LogP contribution in [-0.4, -0.2) is 75.5 Å². The molecule has 3 rings (SSSR count). The molecule has 3 aliphatic heterocycles. The van der Waals surface area contributed by atoms with E-state index in [1.165, 1.54) is 0 Å². The van der Waals surface area contributed by atoms with Crippen molar-refractivity contribution in [3.63, 3.8) is 0 Å². The predicted octanol–water partition coefficient (Wildman–Crippen LogP) is 0.270. The van der Waals surface area contributed by atoms with Crippen LogP contribution in [0.15, 0.2) is 0 Å². The highest BCUT2D eigenvalue weighted by Crippen LogP contribution is 2.38. The number of carboxylic acid groups (broad SMARTS) is 1. The zero-order chi connectivity index (χ0) is 15.2. The van der Waals surface area contributed by atoms with Gasteiger partial charge in [-0.1, -0.05) is 0 Å². The number of amides is 2. The lowest BCUT2D eigenvalue weighted by molar-refractivity contribution is -0.160. The van der Waals surface area contributed by atoms with Crippen molar-refractivity contribution in [2.45, 2.75) is 56.4 Å². The zero-order valence-corrected chi connectivity index (χ0v) is 12.2. The fourth-order valence-corrected chi connectivity index (χ4v) is 3.85. The molecular weight excluding hydrogens is 276 g/mol. The van der Waals surface area contributed by atoms with Crippen LogP contribution in [0.2, 0.25) is 0 Å². The highest BCUT2D eigenvalue weighted by Gasteiger charge is 2.49. The van der Waals surface area contributed by atoms with Gasteiger partial charge < -0.3 is 24.7 Å². The predicted molar refractivity (Wildman–Crippen MR) is 72.9 cm³/mol. The molecule has 2 bridgehead atoms. The van der Waals surface area contributed by atoms with Crippen molar-refractivity contribution < 1.29 is 24.5 Å². The van der Waals surface area contributed by atoms with Gasteiger partial charge >= 0.3 is 12.0 Å². The number of urea groups is 1. The molecule has 7 heteroatoms. The summed E-state index contributed by atoms with van der Waals surface area (Å²) < 4.78 is 5.33. The second-order valence-electron chi connectivity index (χ2n) is 6.69. The monoisotopic (exact) mass is 298 g/mol. The Bertz CT molecular complexity index is 435. The summed E-state index contributed by atoms with van der Waals surface area (Å²) in [6.07, 6.45) is 2.99. The third-order valence-electron chi connectivity index (χ3n) is 4.79. The molecule has 2 unspecified atom stereocenters. The Hall–Kier alpha value is -1.34. The van der Waals surface area contributed by atoms with Crippen molar-refractivity contribution in [3.05, 3.63) is 0 Å². The number of fused-ring (bicyclic) bond motifs is 2. The lowest BCUT2D eigenvalue weighted by Crippen LogP contribution is -2.67. The smallest absolute Gasteiger partial charge is 0.329 e. The molecule has 2 N–H and O–H groups in total. The van der Waals surface area contributed by atoms with Crippen LogP contribution >= 0.6 is 0 Å². The van der Waals surface area contributed by atoms with Crippen LogP contribution in [0.1, 0.15) is 32.6 Å². The Kier molecular flexibility index (Phi) is 3.57. The van der Waals surface area contributed by atoms with E-state index in [1.54, 1.807) is 4.90 Å². The minimum absolute atomic E-state index is 0.00537. The fraction of sp³-hybridized carbons (Fsp3) is 0.857. The number of hydrogen-bond donors (Lipinski definition) is 2. The van der Waals surface area contributed by atoms with Crippen molar-refractivity contribution in [2.75, 3.05) is 19.7 Å². The van der Waals surface area contributed by atoms with Gasteiger partial charge in [-0.15, -0.1) is 0 Å². The Morgan fingerprint density at radius 2 is 1.81 bits per heavy atom. The molecule has 0 saturated carbocycles. The molecule has 3 saturated heterocycles. The van der Waals surface area contributed by atoms with Gasteiger partial charge in [0.05, 0.1) is 19.2 Å². The first kappa shape index (κ1) is 14.6. The quantitative estimate of drug-likeness (QED) is 0.780. The summed E-state index contributed by atoms with van der Waals surface area (Å²) in [5.41, 5.74) is -0.553. The SMILES string of the molecule is CC1(OCC(=O)O)CN(C(=O)N2C3CCC2CC(O)C3)C1. The molecule has 0 aliphatic carbocycles. The molecule has 3 aliphatic rings. The van der Waals surface area contributed by atoms with Crippen LogP contribution in [0.25, 0.3) is 0 Å². The summed E-state index contributed by atoms with van der Waals surface area (Å²) in [6.45, 7) is 2.35. The van der Waals surface area contributed by atoms with Gasteiger partial charge in [0.2, 0.25) is 0 Å². The first-order valence-electron chi connectivity index (χ1n) is 7.49. The zero-order valence-electron chi connectivity index (χ0n) is 12.2. The van der Waals surface area contributed by atoms with Gasteiger partial charge in [0.1, 0.15) is 12.2 Å². The fourth-order valence-electron chi connectivity index (χ4n) is 3.85. The third kappa shape index (κ3) is 2.72. The largest absolute Gasteiger partial charge is 0.480 e. The van der Waals surface area contributed by atoms with E-state index in [-0.39, 0.29) is 30.8 Å². The molecule has 0 aromatic rings. The molecule has 2 amide bonds. The standard InChI is InChI=1S/C14H22N2O5/c1-14(21-6-12(18)19)7-15(8-14)13(20)16-9-2-3-10(16)5-11(17)4-9/h9-11,17H,2-8H2,1H3,(H,18,19). The van der Waals surface area contributed by atoms with Gasteiger partial charge in [-0.05, 0) is 32.6 Å². The number of carbonyl (C=O) groups excluding carboxylic acids is 1. The number of carboxylic acids is 1. The highest BCUT2D eigenvalue weighted by atomic mass is 16.5. The van der Waals surface area contributed by atoms with E-state index in [0.717, 1.165) is 12.8 Å². The summed E-state index contributed by atoms with van der Waals surface area (Å²) >= 11 is 0. The second kappa shape index (κ2) is 5.14. The van der Waals surface area contributed by atoms with E-state index in [4.69, 9.17) is 9.84 Å². The van der Waals surface area contributed by atoms with Crippen LogP contribution in [0.4, 0.5) is 4.79 Å². The van der Waals surface area contributed by atoms with Crippen molar-refractivity contribution in [2.24, 2.45) is 0 Å². The second-order valence-corrected chi connectivity index (χ2v) is 6.69. The first-order chi connectivity index (χ1) is 9.88. The van der Waals surface area contributed by atoms with Gasteiger partial charge in [0, 0.05) is 12.1 Å². The Balaban J connectivity index is 1.55. The number of aliphatic hydroxyl groups excluding tert-OH is 1. The van der Waals surface area contributed by atoms with E-state index in [1.807, 2.05) is 11.8 Å². The molecule has 118 valence electrons. The summed E-state index contributed by atoms with van der Waals surface area (Å²) in [5.74, 6) is -0.996. The summed E-state index contributed by atoms with van der Waals surface area (Å²) in [5, 5.41) is 18.4. The summed E-state index contributed by atoms with van der Waals surface area (Å²) in [6, 6.07) is 0.307. The number of piperidine rings is 1. The topological polar surface area (TPSA) is 90.3 Å². The van der Waals surface area contributed by atoms with Crippen molar-refractivity contribution in [1.29, 1.82) is 0 Å². The van der Waals surface area contributed by atoms with Crippen molar-refractivity contribution in [3.8, 4) is 0 Å². The van der Waals surface area contributed by atoms with Crippen molar-refractivity contribution in [1.82, 2.24) is 9.80 Å². The lowest BCUT2D eigenvalue weighted by atomic mass is 9.95. The number of likely N-dealkylation sites (tertiary alicyclic amines) is 1. The van der Waals surface area contributed by atoms with E-state index in [2.05, 4.69) is 0 Å². The molecule has 0 aromatic carbocycles. The van der Waals surface area contributed by atoms with E-state index < -0.39 is 11.6 Å². The van der Waals surface area contributed by atoms with Gasteiger partial charge in [0.25, 0.3) is 0 Å². The highest BCUT2D eigenvalue weighted by molar-refractivity contribution is 5.77. The van der Waals surface area contributed by atoms with E-state index in [9.17, 15) is 14.7 Å². The maximum Gasteiger partial charge on any atom is 0.329 e. The summed E-state index contributed by atoms with van der Waals surface area (Å²) in [7, 11) is 0. The molecule has 7 nitrogen and oxygen atoms in total. The van der Waals surface area contributed by atoms with Crippen LogP contribution in [0.5, 0.6) is 0 Å². The Labute approximate surface area is 123 Å². The average Bonchev–Trinajstić information content (AvgIpc) is 2.64. The maximum atomic E-state index is 12.6. The number of hydrogen-bond acceptors (Lipinski definition) is 4. The molecule has 0 spiro atoms. The summed E-state index contributed by atoms with van der Waals surface area (Å²) in [4.78, 5) is 26.7. The van der Waals surface area contributed by atoms with Gasteiger partial charge in [-0.3, -0.25) is 0 Å². The average molecular weight is 298 g/mol. The molecule has 2 atom stereocenters. The minimum atomic E-state index is -0.996. The van der Waals surface area contributed by atoms with Crippen LogP contribution < -0.4 is 0 Å². The lowest BCUT2D eigenvalue weighted by Gasteiger charge is -2.50. The molecule has 3 heterocycles. The molecular formula is C14H22N2O5. The molecule has 3 fully saturated rings. The number of carbonyl (C=O) groups is 2. The Morgan fingerprint density at radius 3 is 2.33 bits per heavy atom.